The summed E-state index contributed by atoms with van der Waals surface area (Å²) in [7, 11) is 0. The standard InChI is InChI=1S/C17H23FN4/c1-17(2)12-21(8-7-16(17)19)10-13-9-20-22(11-13)15-5-3-14(18)4-6-15/h3-6,9,11,16H,7-8,10,12,19H2,1-2H3. The fourth-order valence-electron chi connectivity index (χ4n) is 3.05. The summed E-state index contributed by atoms with van der Waals surface area (Å²) in [6, 6.07) is 6.63. The lowest BCUT2D eigenvalue weighted by Crippen LogP contribution is -2.51. The Morgan fingerprint density at radius 2 is 2.05 bits per heavy atom. The number of nitrogens with two attached hydrogens (primary N) is 1. The first-order valence-electron chi connectivity index (χ1n) is 7.71. The Morgan fingerprint density at radius 1 is 1.32 bits per heavy atom. The molecule has 0 spiro atoms. The lowest BCUT2D eigenvalue weighted by molar-refractivity contribution is 0.0899. The molecular weight excluding hydrogens is 279 g/mol. The first kappa shape index (κ1) is 15.2. The predicted molar refractivity (Wildman–Crippen MR) is 85.2 cm³/mol. The van der Waals surface area contributed by atoms with Crippen molar-refractivity contribution in [1.82, 2.24) is 14.7 Å². The summed E-state index contributed by atoms with van der Waals surface area (Å²) in [6.07, 6.45) is 4.92. The van der Waals surface area contributed by atoms with Crippen molar-refractivity contribution >= 4 is 0 Å². The molecule has 0 amide bonds. The Labute approximate surface area is 130 Å². The molecule has 2 heterocycles. The molecule has 1 aromatic carbocycles. The molecule has 1 aromatic heterocycles. The number of aromatic nitrogens is 2. The average Bonchev–Trinajstić information content (AvgIpc) is 2.92. The topological polar surface area (TPSA) is 47.1 Å². The number of halogens is 1. The summed E-state index contributed by atoms with van der Waals surface area (Å²) in [5, 5.41) is 4.38. The molecule has 1 fully saturated rings. The fraction of sp³-hybridized carbons (Fsp3) is 0.471. The Bertz CT molecular complexity index is 632. The Hall–Kier alpha value is -1.72. The van der Waals surface area contributed by atoms with Crippen molar-refractivity contribution in [3.8, 4) is 5.69 Å². The molecule has 5 heteroatoms. The summed E-state index contributed by atoms with van der Waals surface area (Å²) in [6.45, 7) is 7.34. The maximum absolute atomic E-state index is 13.0. The Morgan fingerprint density at radius 3 is 2.73 bits per heavy atom. The van der Waals surface area contributed by atoms with Crippen LogP contribution in [0.15, 0.2) is 36.7 Å². The van der Waals surface area contributed by atoms with Gasteiger partial charge in [0.15, 0.2) is 0 Å². The van der Waals surface area contributed by atoms with Crippen molar-refractivity contribution in [2.75, 3.05) is 13.1 Å². The molecule has 1 saturated heterocycles. The zero-order valence-electron chi connectivity index (χ0n) is 13.2. The molecule has 1 unspecified atom stereocenters. The molecule has 0 aliphatic carbocycles. The van der Waals surface area contributed by atoms with Gasteiger partial charge < -0.3 is 5.73 Å². The van der Waals surface area contributed by atoms with Gasteiger partial charge in [0.25, 0.3) is 0 Å². The summed E-state index contributed by atoms with van der Waals surface area (Å²) in [4.78, 5) is 2.43. The van der Waals surface area contributed by atoms with Gasteiger partial charge in [-0.25, -0.2) is 9.07 Å². The van der Waals surface area contributed by atoms with E-state index in [1.54, 1.807) is 16.8 Å². The van der Waals surface area contributed by atoms with Crippen LogP contribution in [0.25, 0.3) is 5.69 Å². The molecule has 0 bridgehead atoms. The van der Waals surface area contributed by atoms with Gasteiger partial charge in [0.1, 0.15) is 5.82 Å². The second-order valence-corrected chi connectivity index (χ2v) is 6.86. The molecule has 2 N–H and O–H groups in total. The van der Waals surface area contributed by atoms with E-state index in [1.807, 2.05) is 12.4 Å². The number of hydrogen-bond acceptors (Lipinski definition) is 3. The van der Waals surface area contributed by atoms with E-state index >= 15 is 0 Å². The molecule has 1 aliphatic rings. The van der Waals surface area contributed by atoms with E-state index in [-0.39, 0.29) is 17.3 Å². The quantitative estimate of drug-likeness (QED) is 0.948. The van der Waals surface area contributed by atoms with Gasteiger partial charge in [0.05, 0.1) is 11.9 Å². The summed E-state index contributed by atoms with van der Waals surface area (Å²) >= 11 is 0. The first-order valence-corrected chi connectivity index (χ1v) is 7.71. The van der Waals surface area contributed by atoms with Gasteiger partial charge in [-0.3, -0.25) is 4.90 Å². The number of rotatable bonds is 3. The highest BCUT2D eigenvalue weighted by atomic mass is 19.1. The molecule has 4 nitrogen and oxygen atoms in total. The highest BCUT2D eigenvalue weighted by Crippen LogP contribution is 2.28. The highest BCUT2D eigenvalue weighted by molar-refractivity contribution is 5.31. The number of piperidine rings is 1. The maximum Gasteiger partial charge on any atom is 0.123 e. The zero-order valence-corrected chi connectivity index (χ0v) is 13.2. The molecule has 0 saturated carbocycles. The maximum atomic E-state index is 13.0. The third-order valence-electron chi connectivity index (χ3n) is 4.52. The summed E-state index contributed by atoms with van der Waals surface area (Å²) in [5.74, 6) is -0.233. The lowest BCUT2D eigenvalue weighted by Gasteiger charge is -2.42. The Balaban J connectivity index is 1.68. The molecule has 1 atom stereocenters. The highest BCUT2D eigenvalue weighted by Gasteiger charge is 2.33. The van der Waals surface area contributed by atoms with E-state index < -0.39 is 0 Å². The summed E-state index contributed by atoms with van der Waals surface area (Å²) in [5.41, 5.74) is 8.36. The van der Waals surface area contributed by atoms with E-state index in [1.165, 1.54) is 12.1 Å². The van der Waals surface area contributed by atoms with Crippen LogP contribution in [-0.4, -0.2) is 33.8 Å². The number of likely N-dealkylation sites (tertiary alicyclic amines) is 1. The normalized spacial score (nSPS) is 21.9. The molecule has 2 aromatic rings. The average molecular weight is 302 g/mol. The zero-order chi connectivity index (χ0) is 15.7. The monoisotopic (exact) mass is 302 g/mol. The molecule has 0 radical (unpaired) electrons. The van der Waals surface area contributed by atoms with Crippen LogP contribution in [0.3, 0.4) is 0 Å². The number of nitrogens with zero attached hydrogens (tertiary/aromatic N) is 3. The van der Waals surface area contributed by atoms with E-state index in [0.717, 1.165) is 37.3 Å². The van der Waals surface area contributed by atoms with Crippen LogP contribution < -0.4 is 5.73 Å². The van der Waals surface area contributed by atoms with Crippen molar-refractivity contribution in [3.63, 3.8) is 0 Å². The van der Waals surface area contributed by atoms with Crippen LogP contribution in [0.4, 0.5) is 4.39 Å². The second-order valence-electron chi connectivity index (χ2n) is 6.86. The van der Waals surface area contributed by atoms with Crippen LogP contribution in [0.1, 0.15) is 25.8 Å². The fourth-order valence-corrected chi connectivity index (χ4v) is 3.05. The predicted octanol–water partition coefficient (Wildman–Crippen LogP) is 2.57. The van der Waals surface area contributed by atoms with Gasteiger partial charge in [-0.05, 0) is 36.1 Å². The molecule has 118 valence electrons. The minimum atomic E-state index is -0.233. The minimum absolute atomic E-state index is 0.144. The van der Waals surface area contributed by atoms with E-state index in [0.29, 0.717) is 0 Å². The van der Waals surface area contributed by atoms with Crippen LogP contribution in [0.5, 0.6) is 0 Å². The van der Waals surface area contributed by atoms with Gasteiger partial charge in [-0.15, -0.1) is 0 Å². The molecule has 22 heavy (non-hydrogen) atoms. The minimum Gasteiger partial charge on any atom is -0.327 e. The SMILES string of the molecule is CC1(C)CN(Cc2cnn(-c3ccc(F)cc3)c2)CCC1N. The number of hydrogen-bond donors (Lipinski definition) is 1. The molecule has 3 rings (SSSR count). The van der Waals surface area contributed by atoms with E-state index in [4.69, 9.17) is 5.73 Å². The van der Waals surface area contributed by atoms with Gasteiger partial charge in [-0.2, -0.15) is 5.10 Å². The third kappa shape index (κ3) is 3.20. The molecular formula is C17H23FN4. The van der Waals surface area contributed by atoms with Crippen molar-refractivity contribution < 1.29 is 4.39 Å². The van der Waals surface area contributed by atoms with Gasteiger partial charge in [0, 0.05) is 37.4 Å². The Kier molecular flexibility index (Phi) is 4.02. The van der Waals surface area contributed by atoms with E-state index in [2.05, 4.69) is 23.8 Å². The van der Waals surface area contributed by atoms with Crippen molar-refractivity contribution in [2.24, 2.45) is 11.1 Å². The third-order valence-corrected chi connectivity index (χ3v) is 4.52. The largest absolute Gasteiger partial charge is 0.327 e. The van der Waals surface area contributed by atoms with Gasteiger partial charge in [-0.1, -0.05) is 13.8 Å². The van der Waals surface area contributed by atoms with Crippen LogP contribution in [0.2, 0.25) is 0 Å². The molecule has 1 aliphatic heterocycles. The van der Waals surface area contributed by atoms with Crippen LogP contribution in [0, 0.1) is 11.2 Å². The lowest BCUT2D eigenvalue weighted by atomic mass is 9.79. The van der Waals surface area contributed by atoms with Crippen molar-refractivity contribution in [2.45, 2.75) is 32.9 Å². The summed E-state index contributed by atoms with van der Waals surface area (Å²) < 4.78 is 14.8. The first-order chi connectivity index (χ1) is 10.4. The van der Waals surface area contributed by atoms with Crippen LogP contribution in [-0.2, 0) is 6.54 Å². The van der Waals surface area contributed by atoms with Crippen molar-refractivity contribution in [1.29, 1.82) is 0 Å². The smallest absolute Gasteiger partial charge is 0.123 e. The van der Waals surface area contributed by atoms with Crippen molar-refractivity contribution in [3.05, 3.63) is 48.0 Å². The van der Waals surface area contributed by atoms with Crippen LogP contribution >= 0.6 is 0 Å². The van der Waals surface area contributed by atoms with E-state index in [9.17, 15) is 4.39 Å². The van der Waals surface area contributed by atoms with Gasteiger partial charge in [0.2, 0.25) is 0 Å². The number of benzene rings is 1. The van der Waals surface area contributed by atoms with Gasteiger partial charge >= 0.3 is 0 Å². The second kappa shape index (κ2) is 5.82.